The van der Waals surface area contributed by atoms with E-state index in [1.165, 1.54) is 71.7 Å². The zero-order valence-electron chi connectivity index (χ0n) is 23.3. The lowest BCUT2D eigenvalue weighted by Crippen LogP contribution is -3.00. The monoisotopic (exact) mass is 598 g/mol. The van der Waals surface area contributed by atoms with Gasteiger partial charge in [0.25, 0.3) is 0 Å². The van der Waals surface area contributed by atoms with E-state index in [0.717, 1.165) is 25.0 Å². The van der Waals surface area contributed by atoms with Crippen LogP contribution in [0.5, 0.6) is 5.75 Å². The Morgan fingerprint density at radius 2 is 1.00 bits per heavy atom. The molecule has 3 aromatic rings. The van der Waals surface area contributed by atoms with E-state index in [4.69, 9.17) is 9.84 Å². The molecule has 0 heterocycles. The first-order valence-corrected chi connectivity index (χ1v) is 15.8. The molecule has 0 saturated heterocycles. The van der Waals surface area contributed by atoms with Crippen LogP contribution in [-0.2, 0) is 4.79 Å². The number of ether oxygens (including phenoxy) is 1. The van der Waals surface area contributed by atoms with Gasteiger partial charge in [0.15, 0.2) is 0 Å². The first-order chi connectivity index (χ1) is 18.0. The van der Waals surface area contributed by atoms with Crippen LogP contribution in [0.15, 0.2) is 72.8 Å². The summed E-state index contributed by atoms with van der Waals surface area (Å²) < 4.78 is 5.49. The minimum absolute atomic E-state index is 0. The van der Waals surface area contributed by atoms with Crippen LogP contribution in [0.25, 0.3) is 0 Å². The number of carboxylic acids is 1. The van der Waals surface area contributed by atoms with Crippen molar-refractivity contribution in [3.8, 4) is 5.75 Å². The van der Waals surface area contributed by atoms with Crippen molar-refractivity contribution in [1.82, 2.24) is 0 Å². The number of methoxy groups -OCH3 is 1. The highest BCUT2D eigenvalue weighted by molar-refractivity contribution is 7.95. The largest absolute Gasteiger partial charge is 1.00 e. The number of rotatable bonds is 16. The number of carboxylic acid groups (broad SMARTS) is 1. The van der Waals surface area contributed by atoms with E-state index in [-0.39, 0.29) is 17.0 Å². The van der Waals surface area contributed by atoms with Crippen LogP contribution in [0, 0.1) is 13.8 Å². The van der Waals surface area contributed by atoms with Crippen LogP contribution in [-0.4, -0.2) is 24.3 Å². The molecule has 0 aromatic heterocycles. The molecule has 3 aromatic carbocycles. The van der Waals surface area contributed by atoms with Gasteiger partial charge in [0, 0.05) is 6.42 Å². The molecule has 0 fully saturated rings. The summed E-state index contributed by atoms with van der Waals surface area (Å²) in [5, 5.41) is 13.1. The minimum atomic E-state index is -1.81. The molecule has 3 rings (SSSR count). The fraction of sp³-hybridized carbons (Fsp3) is 0.424. The summed E-state index contributed by atoms with van der Waals surface area (Å²) in [5.41, 5.74) is 2.59. The van der Waals surface area contributed by atoms with Gasteiger partial charge < -0.3 is 26.8 Å². The Labute approximate surface area is 241 Å². The summed E-state index contributed by atoms with van der Waals surface area (Å²) in [6, 6.07) is 27.3. The Hall–Kier alpha value is -2.16. The molecule has 5 heteroatoms. The summed E-state index contributed by atoms with van der Waals surface area (Å²) >= 11 is 0. The van der Waals surface area contributed by atoms with E-state index in [9.17, 15) is 4.79 Å². The second-order valence-electron chi connectivity index (χ2n) is 10.2. The van der Waals surface area contributed by atoms with E-state index in [2.05, 4.69) is 86.6 Å². The molecule has 0 atom stereocenters. The van der Waals surface area contributed by atoms with Crippen LogP contribution in [0.3, 0.4) is 0 Å². The van der Waals surface area contributed by atoms with E-state index in [1.807, 2.05) is 0 Å². The molecule has 0 aliphatic carbocycles. The number of aryl methyl sites for hydroxylation is 2. The van der Waals surface area contributed by atoms with Crippen molar-refractivity contribution in [1.29, 1.82) is 0 Å². The lowest BCUT2D eigenvalue weighted by molar-refractivity contribution is -0.137. The summed E-state index contributed by atoms with van der Waals surface area (Å²) in [6.45, 7) is 4.32. The van der Waals surface area contributed by atoms with Crippen molar-refractivity contribution >= 4 is 29.1 Å². The van der Waals surface area contributed by atoms with Gasteiger partial charge in [0.05, 0.1) is 13.3 Å². The smallest absolute Gasteiger partial charge is 0.303 e. The Morgan fingerprint density at radius 3 is 1.39 bits per heavy atom. The van der Waals surface area contributed by atoms with Gasteiger partial charge in [-0.05, 0) is 81.6 Å². The number of aliphatic carboxylic acids is 1. The summed E-state index contributed by atoms with van der Waals surface area (Å²) in [6.07, 6.45) is 11.9. The third-order valence-electron chi connectivity index (χ3n) is 7.35. The Bertz CT molecular complexity index is 1030. The maximum absolute atomic E-state index is 10.6. The lowest BCUT2D eigenvalue weighted by atomic mass is 10.1. The van der Waals surface area contributed by atoms with Crippen LogP contribution in [0.4, 0.5) is 0 Å². The minimum Gasteiger partial charge on any atom is -1.00 e. The van der Waals surface area contributed by atoms with E-state index < -0.39 is 13.2 Å². The standard InChI is InChI=1S/C33H43O3P.BrH/c1-27-14-20-30(21-15-27)37(31-22-16-28(2)17-23-31,32-24-18-29(36-3)19-25-32)26-12-10-8-6-4-5-7-9-11-13-33(34)35;/h14-25H,4-13,26H2,1-3H3;1H. The van der Waals surface area contributed by atoms with Crippen molar-refractivity contribution in [2.24, 2.45) is 0 Å². The average Bonchev–Trinajstić information content (AvgIpc) is 2.91. The number of benzene rings is 3. The fourth-order valence-electron chi connectivity index (χ4n) is 5.13. The van der Waals surface area contributed by atoms with Crippen LogP contribution >= 0.6 is 7.26 Å². The molecule has 0 amide bonds. The van der Waals surface area contributed by atoms with Crippen molar-refractivity contribution in [3.63, 3.8) is 0 Å². The second kappa shape index (κ2) is 16.7. The Balaban J connectivity index is 0.00000507. The van der Waals surface area contributed by atoms with Crippen molar-refractivity contribution in [3.05, 3.63) is 83.9 Å². The molecule has 0 aliphatic heterocycles. The fourth-order valence-corrected chi connectivity index (χ4v) is 9.47. The molecule has 0 unspecified atom stereocenters. The van der Waals surface area contributed by atoms with Gasteiger partial charge >= 0.3 is 5.97 Å². The molecule has 206 valence electrons. The predicted molar refractivity (Wildman–Crippen MR) is 160 cm³/mol. The van der Waals surface area contributed by atoms with Gasteiger partial charge in [-0.2, -0.15) is 0 Å². The average molecular weight is 600 g/mol. The molecule has 0 radical (unpaired) electrons. The highest BCUT2D eigenvalue weighted by atomic mass is 79.9. The van der Waals surface area contributed by atoms with Gasteiger partial charge in [-0.15, -0.1) is 0 Å². The maximum Gasteiger partial charge on any atom is 0.303 e. The topological polar surface area (TPSA) is 46.5 Å². The molecular formula is C33H44BrO3P. The molecule has 38 heavy (non-hydrogen) atoms. The molecule has 0 bridgehead atoms. The second-order valence-corrected chi connectivity index (χ2v) is 13.8. The third kappa shape index (κ3) is 9.24. The number of hydrogen-bond donors (Lipinski definition) is 1. The zero-order chi connectivity index (χ0) is 26.5. The lowest BCUT2D eigenvalue weighted by Gasteiger charge is -2.28. The molecule has 0 spiro atoms. The number of unbranched alkanes of at least 4 members (excludes halogenated alkanes) is 8. The molecule has 0 aliphatic rings. The Kier molecular flexibility index (Phi) is 14.1. The summed E-state index contributed by atoms with van der Waals surface area (Å²) in [5.74, 6) is 0.224. The highest BCUT2D eigenvalue weighted by Gasteiger charge is 2.44. The van der Waals surface area contributed by atoms with E-state index in [0.29, 0.717) is 6.42 Å². The SMILES string of the molecule is COc1ccc([P+](CCCCCCCCCCCC(=O)O)(c2ccc(C)cc2)c2ccc(C)cc2)cc1.[Br-]. The van der Waals surface area contributed by atoms with E-state index >= 15 is 0 Å². The van der Waals surface area contributed by atoms with Gasteiger partial charge in [-0.3, -0.25) is 4.79 Å². The molecule has 3 nitrogen and oxygen atoms in total. The van der Waals surface area contributed by atoms with E-state index in [1.54, 1.807) is 7.11 Å². The normalized spacial score (nSPS) is 11.1. The third-order valence-corrected chi connectivity index (χ3v) is 11.9. The summed E-state index contributed by atoms with van der Waals surface area (Å²) in [4.78, 5) is 10.6. The number of halogens is 1. The zero-order valence-corrected chi connectivity index (χ0v) is 25.8. The van der Waals surface area contributed by atoms with Gasteiger partial charge in [0.1, 0.15) is 28.9 Å². The number of hydrogen-bond acceptors (Lipinski definition) is 2. The number of carbonyl (C=O) groups is 1. The van der Waals surface area contributed by atoms with Gasteiger partial charge in [-0.1, -0.05) is 73.9 Å². The first kappa shape index (κ1) is 32.1. The van der Waals surface area contributed by atoms with Crippen LogP contribution in [0.2, 0.25) is 0 Å². The molecular weight excluding hydrogens is 555 g/mol. The Morgan fingerprint density at radius 1 is 0.632 bits per heavy atom. The van der Waals surface area contributed by atoms with Crippen LogP contribution < -0.4 is 37.6 Å². The summed E-state index contributed by atoms with van der Waals surface area (Å²) in [7, 11) is -0.0794. The molecule has 1 N–H and O–H groups in total. The van der Waals surface area contributed by atoms with Crippen molar-refractivity contribution < 1.29 is 31.6 Å². The highest BCUT2D eigenvalue weighted by Crippen LogP contribution is 2.56. The van der Waals surface area contributed by atoms with Crippen LogP contribution in [0.1, 0.15) is 75.3 Å². The van der Waals surface area contributed by atoms with Crippen molar-refractivity contribution in [2.45, 2.75) is 78.1 Å². The van der Waals surface area contributed by atoms with Gasteiger partial charge in [0.2, 0.25) is 0 Å². The molecule has 0 saturated carbocycles. The quantitative estimate of drug-likeness (QED) is 0.194. The first-order valence-electron chi connectivity index (χ1n) is 13.8. The van der Waals surface area contributed by atoms with Gasteiger partial charge in [-0.25, -0.2) is 0 Å². The predicted octanol–water partition coefficient (Wildman–Crippen LogP) is 4.60. The maximum atomic E-state index is 10.6. The van der Waals surface area contributed by atoms with Crippen molar-refractivity contribution in [2.75, 3.05) is 13.3 Å².